The summed E-state index contributed by atoms with van der Waals surface area (Å²) in [6.07, 6.45) is 1.96. The third-order valence-electron chi connectivity index (χ3n) is 2.15. The van der Waals surface area contributed by atoms with Gasteiger partial charge >= 0.3 is 6.09 Å². The van der Waals surface area contributed by atoms with E-state index in [1.54, 1.807) is 0 Å². The van der Waals surface area contributed by atoms with Gasteiger partial charge in [-0.2, -0.15) is 0 Å². The second-order valence-electron chi connectivity index (χ2n) is 4.90. The largest absolute Gasteiger partial charge is 0.444 e. The van der Waals surface area contributed by atoms with Crippen LogP contribution in [0.5, 0.6) is 0 Å². The Hall–Kier alpha value is -1.06. The number of hydrogen-bond acceptors (Lipinski definition) is 3. The summed E-state index contributed by atoms with van der Waals surface area (Å²) in [5, 5.41) is 0. The minimum Gasteiger partial charge on any atom is -0.444 e. The Morgan fingerprint density at radius 1 is 1.24 bits per heavy atom. The third-order valence-corrected chi connectivity index (χ3v) is 2.15. The Kier molecular flexibility index (Phi) is 6.85. The van der Waals surface area contributed by atoms with Gasteiger partial charge in [-0.15, -0.1) is 0 Å². The van der Waals surface area contributed by atoms with Gasteiger partial charge in [0.05, 0.1) is 6.54 Å². The molecule has 1 amide bonds. The zero-order valence-electron chi connectivity index (χ0n) is 11.7. The van der Waals surface area contributed by atoms with Gasteiger partial charge in [0.15, 0.2) is 5.78 Å². The van der Waals surface area contributed by atoms with Gasteiger partial charge in [-0.1, -0.05) is 13.8 Å². The quantitative estimate of drug-likeness (QED) is 0.657. The Balaban J connectivity index is 0.00000121. The Morgan fingerprint density at radius 3 is 2.35 bits per heavy atom. The molecule has 0 aliphatic carbocycles. The van der Waals surface area contributed by atoms with Crippen molar-refractivity contribution in [3.8, 4) is 0 Å². The lowest BCUT2D eigenvalue weighted by atomic mass is 10.2. The lowest BCUT2D eigenvalue weighted by molar-refractivity contribution is -0.119. The van der Waals surface area contributed by atoms with Crippen LogP contribution in [0.2, 0.25) is 0 Å². The number of Topliss-reactive ketones (excluding diaryl/α,β-unsaturated/α-hetero) is 1. The Morgan fingerprint density at radius 2 is 1.82 bits per heavy atom. The molecular formula is C13H25NO3. The van der Waals surface area contributed by atoms with Crippen molar-refractivity contribution in [2.45, 2.75) is 59.5 Å². The fourth-order valence-corrected chi connectivity index (χ4v) is 1.48. The fourth-order valence-electron chi connectivity index (χ4n) is 1.48. The molecule has 0 spiro atoms. The van der Waals surface area contributed by atoms with Crippen molar-refractivity contribution in [3.63, 3.8) is 0 Å². The smallest absolute Gasteiger partial charge is 0.410 e. The van der Waals surface area contributed by atoms with Gasteiger partial charge in [0, 0.05) is 13.0 Å². The molecule has 0 bridgehead atoms. The summed E-state index contributed by atoms with van der Waals surface area (Å²) < 4.78 is 5.22. The minimum atomic E-state index is -0.494. The van der Waals surface area contributed by atoms with Gasteiger partial charge in [0.25, 0.3) is 0 Å². The first kappa shape index (κ1) is 15.9. The van der Waals surface area contributed by atoms with E-state index in [-0.39, 0.29) is 18.4 Å². The highest BCUT2D eigenvalue weighted by molar-refractivity contribution is 5.84. The SMILES string of the molecule is CC.CC(C)(C)OC(=O)N1CCCCC(=O)C1. The molecule has 17 heavy (non-hydrogen) atoms. The van der Waals surface area contributed by atoms with Crippen LogP contribution in [-0.4, -0.2) is 35.5 Å². The summed E-state index contributed by atoms with van der Waals surface area (Å²) in [4.78, 5) is 24.5. The predicted octanol–water partition coefficient (Wildman–Crippen LogP) is 3.00. The van der Waals surface area contributed by atoms with Crippen molar-refractivity contribution in [1.29, 1.82) is 0 Å². The van der Waals surface area contributed by atoms with E-state index in [2.05, 4.69) is 0 Å². The van der Waals surface area contributed by atoms with E-state index in [1.165, 1.54) is 4.90 Å². The summed E-state index contributed by atoms with van der Waals surface area (Å²) in [6.45, 7) is 10.3. The molecule has 0 unspecified atom stereocenters. The van der Waals surface area contributed by atoms with Gasteiger partial charge < -0.3 is 9.64 Å². The number of amides is 1. The first-order valence-corrected chi connectivity index (χ1v) is 6.38. The molecule has 1 aliphatic rings. The number of nitrogens with zero attached hydrogens (tertiary/aromatic N) is 1. The highest BCUT2D eigenvalue weighted by Crippen LogP contribution is 2.13. The number of ketones is 1. The third kappa shape index (κ3) is 6.97. The van der Waals surface area contributed by atoms with Crippen molar-refractivity contribution < 1.29 is 14.3 Å². The van der Waals surface area contributed by atoms with Gasteiger partial charge in [0.2, 0.25) is 0 Å². The maximum atomic E-state index is 11.7. The van der Waals surface area contributed by atoms with E-state index in [9.17, 15) is 9.59 Å². The Bertz CT molecular complexity index is 256. The summed E-state index contributed by atoms with van der Waals surface area (Å²) in [7, 11) is 0. The highest BCUT2D eigenvalue weighted by Gasteiger charge is 2.24. The fraction of sp³-hybridized carbons (Fsp3) is 0.846. The van der Waals surface area contributed by atoms with Crippen molar-refractivity contribution in [3.05, 3.63) is 0 Å². The van der Waals surface area contributed by atoms with Crippen LogP contribution >= 0.6 is 0 Å². The zero-order valence-corrected chi connectivity index (χ0v) is 11.7. The van der Waals surface area contributed by atoms with Crippen LogP contribution in [0.4, 0.5) is 4.79 Å². The minimum absolute atomic E-state index is 0.123. The molecule has 4 nitrogen and oxygen atoms in total. The van der Waals surface area contributed by atoms with Crippen LogP contribution in [-0.2, 0) is 9.53 Å². The zero-order chi connectivity index (χ0) is 13.5. The normalized spacial score (nSPS) is 16.8. The topological polar surface area (TPSA) is 46.6 Å². The van der Waals surface area contributed by atoms with E-state index < -0.39 is 5.60 Å². The summed E-state index contributed by atoms with van der Waals surface area (Å²) in [6, 6.07) is 0. The molecule has 1 fully saturated rings. The van der Waals surface area contributed by atoms with Crippen LogP contribution in [0.15, 0.2) is 0 Å². The van der Waals surface area contributed by atoms with Gasteiger partial charge in [-0.05, 0) is 33.6 Å². The number of rotatable bonds is 0. The standard InChI is InChI=1S/C11H19NO3.C2H6/c1-11(2,3)15-10(14)12-7-5-4-6-9(13)8-12;1-2/h4-8H2,1-3H3;1-2H3. The van der Waals surface area contributed by atoms with Crippen LogP contribution in [0.25, 0.3) is 0 Å². The number of ether oxygens (including phenoxy) is 1. The van der Waals surface area contributed by atoms with Crippen LogP contribution in [0.3, 0.4) is 0 Å². The first-order valence-electron chi connectivity index (χ1n) is 6.38. The van der Waals surface area contributed by atoms with Gasteiger partial charge in [0.1, 0.15) is 5.60 Å². The maximum Gasteiger partial charge on any atom is 0.410 e. The average Bonchev–Trinajstić information content (AvgIpc) is 2.43. The molecule has 0 N–H and O–H groups in total. The van der Waals surface area contributed by atoms with E-state index in [0.29, 0.717) is 13.0 Å². The van der Waals surface area contributed by atoms with Crippen molar-refractivity contribution in [2.75, 3.05) is 13.1 Å². The number of likely N-dealkylation sites (tertiary alicyclic amines) is 1. The molecule has 0 atom stereocenters. The van der Waals surface area contributed by atoms with E-state index in [1.807, 2.05) is 34.6 Å². The first-order chi connectivity index (χ1) is 7.88. The van der Waals surface area contributed by atoms with E-state index in [0.717, 1.165) is 12.8 Å². The molecule has 0 saturated carbocycles. The second-order valence-corrected chi connectivity index (χ2v) is 4.90. The lowest BCUT2D eigenvalue weighted by Gasteiger charge is -2.25. The molecule has 1 saturated heterocycles. The van der Waals surface area contributed by atoms with Crippen molar-refractivity contribution in [2.24, 2.45) is 0 Å². The molecule has 0 radical (unpaired) electrons. The molecule has 0 aromatic rings. The predicted molar refractivity (Wildman–Crippen MR) is 68.0 cm³/mol. The second kappa shape index (κ2) is 7.30. The molecule has 1 heterocycles. The molecule has 1 aliphatic heterocycles. The number of carbonyl (C=O) groups excluding carboxylic acids is 2. The molecule has 0 aromatic heterocycles. The summed E-state index contributed by atoms with van der Waals surface area (Å²) in [5.74, 6) is 0.123. The lowest BCUT2D eigenvalue weighted by Crippen LogP contribution is -2.39. The van der Waals surface area contributed by atoms with Gasteiger partial charge in [-0.25, -0.2) is 4.79 Å². The maximum absolute atomic E-state index is 11.7. The monoisotopic (exact) mass is 243 g/mol. The van der Waals surface area contributed by atoms with Crippen LogP contribution in [0, 0.1) is 0 Å². The highest BCUT2D eigenvalue weighted by atomic mass is 16.6. The molecular weight excluding hydrogens is 218 g/mol. The van der Waals surface area contributed by atoms with Crippen molar-refractivity contribution in [1.82, 2.24) is 4.90 Å². The Labute approximate surface area is 104 Å². The molecule has 4 heteroatoms. The molecule has 0 aromatic carbocycles. The number of hydrogen-bond donors (Lipinski definition) is 0. The average molecular weight is 243 g/mol. The van der Waals surface area contributed by atoms with E-state index in [4.69, 9.17) is 4.74 Å². The molecule has 100 valence electrons. The van der Waals surface area contributed by atoms with Gasteiger partial charge in [-0.3, -0.25) is 4.79 Å². The van der Waals surface area contributed by atoms with Crippen LogP contribution in [0.1, 0.15) is 53.9 Å². The van der Waals surface area contributed by atoms with E-state index >= 15 is 0 Å². The summed E-state index contributed by atoms with van der Waals surface area (Å²) >= 11 is 0. The summed E-state index contributed by atoms with van der Waals surface area (Å²) in [5.41, 5.74) is -0.494. The number of carbonyl (C=O) groups is 2. The van der Waals surface area contributed by atoms with Crippen molar-refractivity contribution >= 4 is 11.9 Å². The van der Waals surface area contributed by atoms with Crippen LogP contribution < -0.4 is 0 Å². The molecule has 1 rings (SSSR count).